The molecule has 0 bridgehead atoms. The van der Waals surface area contributed by atoms with E-state index in [0.717, 1.165) is 33.4 Å². The summed E-state index contributed by atoms with van der Waals surface area (Å²) in [4.78, 5) is 78.3. The van der Waals surface area contributed by atoms with Crippen molar-refractivity contribution in [3.05, 3.63) is 181 Å². The van der Waals surface area contributed by atoms with Crippen LogP contribution in [0.15, 0.2) is 170 Å². The summed E-state index contributed by atoms with van der Waals surface area (Å²) in [5.74, 6) is -5.81. The number of aryl methyl sites for hydroxylation is 2. The average Bonchev–Trinajstić information content (AvgIpc) is 3.41. The molecule has 0 saturated carbocycles. The van der Waals surface area contributed by atoms with Crippen LogP contribution in [0.1, 0.15) is 78.4 Å². The summed E-state index contributed by atoms with van der Waals surface area (Å²) in [6.07, 6.45) is 2.28. The number of rotatable bonds is 26. The molecular formula is C62H70N4Na2O10. The Morgan fingerprint density at radius 3 is 0.936 bits per heavy atom. The van der Waals surface area contributed by atoms with Crippen molar-refractivity contribution in [2.24, 2.45) is 11.8 Å². The summed E-state index contributed by atoms with van der Waals surface area (Å²) in [5.41, 5.74) is 6.63. The molecule has 6 aromatic carbocycles. The molecule has 6 rings (SSSR count). The van der Waals surface area contributed by atoms with Gasteiger partial charge in [-0.2, -0.15) is 0 Å². The number of aliphatic carboxylic acids is 4. The number of carboxylic acid groups (broad SMARTS) is 4. The van der Waals surface area contributed by atoms with E-state index in [1.165, 1.54) is 23.6 Å². The molecule has 0 spiro atoms. The van der Waals surface area contributed by atoms with Gasteiger partial charge in [-0.3, -0.25) is 29.8 Å². The second-order valence-electron chi connectivity index (χ2n) is 19.8. The van der Waals surface area contributed by atoms with Gasteiger partial charge in [-0.25, -0.2) is 0 Å². The standard InChI is InChI=1S/2C31H36N2O5.2Na/c2*1-21(2)20-28(32-27(31(37)38)19-14-23-10-6-4-7-11-23)29(34)33(22(3)30(35)36)26-17-15-25(16-18-26)24-12-8-5-9-13-24;;/h2*4-13,15-18,21-22,27-28,32H,14,19-20H2,1-3H3,(H,35,36)(H,37,38);;/q;;2*+1/p-2/t2*22-,27-,28-;;/m00../s1. The van der Waals surface area contributed by atoms with Gasteiger partial charge >= 0.3 is 71.1 Å². The molecule has 0 aliphatic carbocycles. The van der Waals surface area contributed by atoms with Crippen LogP contribution >= 0.6 is 0 Å². The van der Waals surface area contributed by atoms with Gasteiger partial charge in [0.25, 0.3) is 0 Å². The number of anilines is 2. The van der Waals surface area contributed by atoms with Crippen LogP contribution in [0.2, 0.25) is 0 Å². The minimum Gasteiger partial charge on any atom is -0.548 e. The van der Waals surface area contributed by atoms with Crippen LogP contribution in [0.4, 0.5) is 11.4 Å². The molecule has 0 saturated heterocycles. The molecule has 6 atom stereocenters. The van der Waals surface area contributed by atoms with Crippen molar-refractivity contribution < 1.29 is 108 Å². The minimum atomic E-state index is -1.40. The van der Waals surface area contributed by atoms with Gasteiger partial charge < -0.3 is 39.8 Å². The van der Waals surface area contributed by atoms with E-state index in [9.17, 15) is 49.2 Å². The van der Waals surface area contributed by atoms with Gasteiger partial charge in [-0.15, -0.1) is 0 Å². The third-order valence-corrected chi connectivity index (χ3v) is 13.0. The smallest absolute Gasteiger partial charge is 0.548 e. The number of benzene rings is 6. The van der Waals surface area contributed by atoms with Gasteiger partial charge in [0.05, 0.1) is 36.1 Å². The van der Waals surface area contributed by atoms with Crippen LogP contribution in [0.5, 0.6) is 0 Å². The molecular weight excluding hydrogens is 1010 g/mol. The van der Waals surface area contributed by atoms with E-state index in [1.807, 2.05) is 173 Å². The Labute approximate surface area is 503 Å². The number of hydrogen-bond donors (Lipinski definition) is 4. The van der Waals surface area contributed by atoms with Crippen LogP contribution in [0.3, 0.4) is 0 Å². The number of nitrogens with one attached hydrogen (secondary N) is 2. The maximum absolute atomic E-state index is 13.9. The fourth-order valence-electron chi connectivity index (χ4n) is 8.90. The normalized spacial score (nSPS) is 13.1. The molecule has 4 N–H and O–H groups in total. The van der Waals surface area contributed by atoms with E-state index in [0.29, 0.717) is 37.1 Å². The second-order valence-corrected chi connectivity index (χ2v) is 19.8. The fraction of sp³-hybridized carbons (Fsp3) is 0.323. The molecule has 2 amide bonds. The van der Waals surface area contributed by atoms with Gasteiger partial charge in [0.2, 0.25) is 11.8 Å². The Morgan fingerprint density at radius 2 is 0.679 bits per heavy atom. The van der Waals surface area contributed by atoms with Crippen molar-refractivity contribution >= 4 is 47.1 Å². The Bertz CT molecular complexity index is 2600. The largest absolute Gasteiger partial charge is 1.00 e. The molecule has 0 aromatic heterocycles. The summed E-state index contributed by atoms with van der Waals surface area (Å²) in [5, 5.41) is 49.7. The number of nitrogens with zero attached hydrogens (tertiary/aromatic N) is 2. The molecule has 6 aromatic rings. The van der Waals surface area contributed by atoms with Gasteiger partial charge in [-0.1, -0.05) is 173 Å². The number of carboxylic acids is 4. The first kappa shape index (κ1) is 66.3. The molecule has 78 heavy (non-hydrogen) atoms. The first-order chi connectivity index (χ1) is 36.3. The van der Waals surface area contributed by atoms with E-state index in [1.54, 1.807) is 24.3 Å². The topological polar surface area (TPSA) is 220 Å². The van der Waals surface area contributed by atoms with Crippen molar-refractivity contribution in [2.45, 2.75) is 116 Å². The number of carbonyl (C=O) groups is 6. The molecule has 14 nitrogen and oxygen atoms in total. The SMILES string of the molecule is CC(C)C[C@H](N[C@@H](CCc1ccccc1)C(=O)O)C(=O)N(c1ccc(-c2ccccc2)cc1)[C@@H](C)C(=O)[O-].CC(C)C[C@H](N[C@@H](CCc1ccccc1)C(=O)O)C(=O)N(c1ccc(-c2ccccc2)cc1)[C@@H](C)C(=O)[O-].[Na+].[Na+]. The molecule has 0 radical (unpaired) electrons. The Kier molecular flexibility index (Phi) is 28.5. The zero-order chi connectivity index (χ0) is 55.3. The fourth-order valence-corrected chi connectivity index (χ4v) is 8.90. The third kappa shape index (κ3) is 20.4. The summed E-state index contributed by atoms with van der Waals surface area (Å²) in [7, 11) is 0. The van der Waals surface area contributed by atoms with Crippen LogP contribution in [-0.2, 0) is 41.6 Å². The van der Waals surface area contributed by atoms with Gasteiger partial charge in [0.15, 0.2) is 0 Å². The number of hydrogen-bond acceptors (Lipinski definition) is 10. The Morgan fingerprint density at radius 1 is 0.410 bits per heavy atom. The zero-order valence-electron chi connectivity index (χ0n) is 46.1. The van der Waals surface area contributed by atoms with Crippen molar-refractivity contribution in [3.8, 4) is 22.3 Å². The minimum absolute atomic E-state index is 0. The van der Waals surface area contributed by atoms with Crippen LogP contribution < -0.4 is 89.8 Å². The monoisotopic (exact) mass is 1080 g/mol. The van der Waals surface area contributed by atoms with Gasteiger partial charge in [-0.05, 0) is 122 Å². The third-order valence-electron chi connectivity index (χ3n) is 13.0. The van der Waals surface area contributed by atoms with Crippen LogP contribution in [-0.4, -0.2) is 82.2 Å². The Balaban J connectivity index is 0.000000400. The maximum atomic E-state index is 13.9. The van der Waals surface area contributed by atoms with E-state index in [2.05, 4.69) is 10.6 Å². The predicted molar refractivity (Wildman–Crippen MR) is 293 cm³/mol. The summed E-state index contributed by atoms with van der Waals surface area (Å²) >= 11 is 0. The zero-order valence-corrected chi connectivity index (χ0v) is 50.1. The summed E-state index contributed by atoms with van der Waals surface area (Å²) in [6.45, 7) is 10.5. The first-order valence-corrected chi connectivity index (χ1v) is 25.8. The molecule has 400 valence electrons. The predicted octanol–water partition coefficient (Wildman–Crippen LogP) is 1.84. The molecule has 0 unspecified atom stereocenters. The van der Waals surface area contributed by atoms with E-state index < -0.39 is 71.9 Å². The Hall–Kier alpha value is -5.94. The van der Waals surface area contributed by atoms with Crippen molar-refractivity contribution in [1.82, 2.24) is 10.6 Å². The summed E-state index contributed by atoms with van der Waals surface area (Å²) in [6, 6.07) is 46.4. The van der Waals surface area contributed by atoms with Crippen LogP contribution in [0, 0.1) is 11.8 Å². The van der Waals surface area contributed by atoms with Gasteiger partial charge in [0, 0.05) is 11.4 Å². The van der Waals surface area contributed by atoms with Crippen molar-refractivity contribution in [2.75, 3.05) is 9.80 Å². The maximum Gasteiger partial charge on any atom is 1.00 e. The van der Waals surface area contributed by atoms with E-state index in [-0.39, 0.29) is 83.8 Å². The van der Waals surface area contributed by atoms with Gasteiger partial charge in [0.1, 0.15) is 12.1 Å². The second kappa shape index (κ2) is 33.5. The number of amides is 2. The van der Waals surface area contributed by atoms with Crippen molar-refractivity contribution in [3.63, 3.8) is 0 Å². The number of carbonyl (C=O) groups excluding carboxylic acids is 4. The molecule has 0 fully saturated rings. The van der Waals surface area contributed by atoms with Crippen molar-refractivity contribution in [1.29, 1.82) is 0 Å². The quantitative estimate of drug-likeness (QED) is 0.0573. The molecule has 0 aliphatic rings. The molecule has 16 heteroatoms. The van der Waals surface area contributed by atoms with E-state index >= 15 is 0 Å². The molecule has 0 aliphatic heterocycles. The van der Waals surface area contributed by atoms with Crippen LogP contribution in [0.25, 0.3) is 22.3 Å². The first-order valence-electron chi connectivity index (χ1n) is 25.8. The molecule has 0 heterocycles. The summed E-state index contributed by atoms with van der Waals surface area (Å²) < 4.78 is 0. The van der Waals surface area contributed by atoms with E-state index in [4.69, 9.17) is 0 Å². The average molecular weight is 1080 g/mol.